The Morgan fingerprint density at radius 2 is 1.69 bits per heavy atom. The van der Waals surface area contributed by atoms with Gasteiger partial charge in [-0.1, -0.05) is 71.5 Å². The summed E-state index contributed by atoms with van der Waals surface area (Å²) in [6, 6.07) is 0. The van der Waals surface area contributed by atoms with Gasteiger partial charge in [-0.3, -0.25) is 9.89 Å². The van der Waals surface area contributed by atoms with Crippen LogP contribution in [0.5, 0.6) is 0 Å². The zero-order valence-corrected chi connectivity index (χ0v) is 25.7. The van der Waals surface area contributed by atoms with Crippen molar-refractivity contribution in [3.05, 3.63) is 37.6 Å². The zero-order chi connectivity index (χ0) is 27.8. The number of anilines is 1. The van der Waals surface area contributed by atoms with Crippen molar-refractivity contribution in [1.82, 2.24) is 20.4 Å². The molecule has 0 aliphatic heterocycles. The number of fused-ring (bicyclic) bond motifs is 8. The average Bonchev–Trinajstić information content (AvgIpc) is 3.44. The van der Waals surface area contributed by atoms with E-state index in [0.717, 1.165) is 17.8 Å². The SMILES string of the molecule is CC1(C)CC2C3=CCC4[C@@]5(C)Cc6c(N)n[nH]c6C(C)(C)C5CC[C@@]4(C)[C@]3(C)CC[C@@H]2[C@H](c2n[nH]c(=O)s2)C1. The third-order valence-corrected chi connectivity index (χ3v) is 14.4. The van der Waals surface area contributed by atoms with Crippen LogP contribution in [0.25, 0.3) is 0 Å². The minimum Gasteiger partial charge on any atom is -0.382 e. The van der Waals surface area contributed by atoms with Gasteiger partial charge in [0.05, 0.1) is 0 Å². The first kappa shape index (κ1) is 26.0. The Bertz CT molecular complexity index is 1410. The van der Waals surface area contributed by atoms with Gasteiger partial charge in [0.25, 0.3) is 0 Å². The summed E-state index contributed by atoms with van der Waals surface area (Å²) in [6.45, 7) is 17.6. The van der Waals surface area contributed by atoms with E-state index in [0.29, 0.717) is 35.4 Å². The third-order valence-electron chi connectivity index (χ3n) is 13.5. The maximum absolute atomic E-state index is 12.1. The molecular weight excluding hydrogens is 502 g/mol. The van der Waals surface area contributed by atoms with Crippen molar-refractivity contribution in [1.29, 1.82) is 0 Å². The number of nitrogen functional groups attached to an aromatic ring is 1. The number of nitrogens with one attached hydrogen (secondary N) is 2. The number of hydrogen-bond donors (Lipinski definition) is 3. The Kier molecular flexibility index (Phi) is 5.27. The van der Waals surface area contributed by atoms with Gasteiger partial charge in [0.15, 0.2) is 0 Å². The molecule has 8 atom stereocenters. The molecule has 2 heterocycles. The Morgan fingerprint density at radius 3 is 2.41 bits per heavy atom. The van der Waals surface area contributed by atoms with Crippen molar-refractivity contribution in [3.63, 3.8) is 0 Å². The highest BCUT2D eigenvalue weighted by Crippen LogP contribution is 2.74. The molecule has 39 heavy (non-hydrogen) atoms. The van der Waals surface area contributed by atoms with Gasteiger partial charge in [-0.25, -0.2) is 5.10 Å². The lowest BCUT2D eigenvalue weighted by molar-refractivity contribution is -0.153. The maximum atomic E-state index is 12.1. The smallest absolute Gasteiger partial charge is 0.322 e. The molecule has 3 saturated carbocycles. The molecule has 5 aliphatic carbocycles. The van der Waals surface area contributed by atoms with Crippen LogP contribution in [0.15, 0.2) is 16.4 Å². The molecule has 2 aromatic heterocycles. The molecule has 4 N–H and O–H groups in total. The topological polar surface area (TPSA) is 100 Å². The number of nitrogens with zero attached hydrogens (tertiary/aromatic N) is 2. The van der Waals surface area contributed by atoms with Crippen LogP contribution in [-0.2, 0) is 11.8 Å². The molecule has 0 aromatic carbocycles. The van der Waals surface area contributed by atoms with Gasteiger partial charge in [0.2, 0.25) is 0 Å². The van der Waals surface area contributed by atoms with Crippen molar-refractivity contribution in [2.45, 2.75) is 111 Å². The Balaban J connectivity index is 1.31. The number of hydrogen-bond acceptors (Lipinski definition) is 5. The molecule has 7 rings (SSSR count). The van der Waals surface area contributed by atoms with Crippen LogP contribution in [0.2, 0.25) is 0 Å². The highest BCUT2D eigenvalue weighted by atomic mass is 32.1. The molecule has 2 aromatic rings. The number of nitrogens with two attached hydrogens (primary N) is 1. The van der Waals surface area contributed by atoms with E-state index in [1.165, 1.54) is 61.1 Å². The fraction of sp³-hybridized carbons (Fsp3) is 0.781. The van der Waals surface area contributed by atoms with E-state index in [1.807, 2.05) is 0 Å². The summed E-state index contributed by atoms with van der Waals surface area (Å²) in [5.41, 5.74) is 11.7. The summed E-state index contributed by atoms with van der Waals surface area (Å²) in [6.07, 6.45) is 12.3. The van der Waals surface area contributed by atoms with Crippen molar-refractivity contribution in [3.8, 4) is 0 Å². The standard InChI is InChI=1S/C32H47N5OS/c1-28(2)14-18-17(19(15-28)26-36-37-27(38)39-26)10-12-31(6)21(18)8-9-23-30(5)16-20-24(34-35-25(20)33)29(3,4)22(30)11-13-32(23,31)7/h8,17-19,22-23H,9-16H2,1-7H3,(H,37,38)(H3,33,34,35)/t17-,18?,19+,22?,23?,30-,31+,32+/m0/s1. The van der Waals surface area contributed by atoms with Crippen molar-refractivity contribution in [2.24, 2.45) is 45.3 Å². The normalized spacial score (nSPS) is 43.8. The molecular formula is C32H47N5OS. The Morgan fingerprint density at radius 1 is 0.949 bits per heavy atom. The van der Waals surface area contributed by atoms with Crippen molar-refractivity contribution < 1.29 is 0 Å². The second kappa shape index (κ2) is 7.89. The van der Waals surface area contributed by atoms with Gasteiger partial charge in [0, 0.05) is 22.6 Å². The largest absolute Gasteiger partial charge is 0.382 e. The van der Waals surface area contributed by atoms with E-state index in [-0.39, 0.29) is 31.9 Å². The van der Waals surface area contributed by atoms with Crippen LogP contribution in [0.3, 0.4) is 0 Å². The molecule has 212 valence electrons. The first-order chi connectivity index (χ1) is 18.2. The lowest BCUT2D eigenvalue weighted by Gasteiger charge is -2.70. The zero-order valence-electron chi connectivity index (χ0n) is 24.9. The summed E-state index contributed by atoms with van der Waals surface area (Å²) < 4.78 is 0. The number of allylic oxidation sites excluding steroid dienone is 2. The first-order valence-electron chi connectivity index (χ1n) is 15.3. The Hall–Kier alpha value is -1.89. The van der Waals surface area contributed by atoms with Gasteiger partial charge >= 0.3 is 4.87 Å². The molecule has 0 saturated heterocycles. The lowest BCUT2D eigenvalue weighted by atomic mass is 9.34. The van der Waals surface area contributed by atoms with Gasteiger partial charge < -0.3 is 5.73 Å². The lowest BCUT2D eigenvalue weighted by Crippen LogP contribution is -2.63. The quantitative estimate of drug-likeness (QED) is 0.334. The number of rotatable bonds is 1. The van der Waals surface area contributed by atoms with Crippen LogP contribution >= 0.6 is 11.3 Å². The molecule has 0 bridgehead atoms. The monoisotopic (exact) mass is 549 g/mol. The number of H-pyrrole nitrogens is 2. The van der Waals surface area contributed by atoms with Gasteiger partial charge in [-0.15, -0.1) is 0 Å². The molecule has 0 amide bonds. The highest BCUT2D eigenvalue weighted by Gasteiger charge is 2.67. The summed E-state index contributed by atoms with van der Waals surface area (Å²) >= 11 is 1.35. The summed E-state index contributed by atoms with van der Waals surface area (Å²) in [5.74, 6) is 3.50. The van der Waals surface area contributed by atoms with Crippen molar-refractivity contribution in [2.75, 3.05) is 5.73 Å². The van der Waals surface area contributed by atoms with Crippen LogP contribution in [-0.4, -0.2) is 20.4 Å². The van der Waals surface area contributed by atoms with Gasteiger partial charge in [-0.2, -0.15) is 10.2 Å². The minimum atomic E-state index is -0.0142. The second-order valence-corrected chi connectivity index (χ2v) is 17.1. The van der Waals surface area contributed by atoms with E-state index in [1.54, 1.807) is 5.57 Å². The molecule has 7 heteroatoms. The second-order valence-electron chi connectivity index (χ2n) is 16.1. The van der Waals surface area contributed by atoms with Gasteiger partial charge in [-0.05, 0) is 96.7 Å². The molecule has 5 aliphatic rings. The first-order valence-corrected chi connectivity index (χ1v) is 16.1. The molecule has 0 spiro atoms. The predicted molar refractivity (Wildman–Crippen MR) is 158 cm³/mol. The van der Waals surface area contributed by atoms with Crippen LogP contribution in [0.1, 0.15) is 116 Å². The summed E-state index contributed by atoms with van der Waals surface area (Å²) in [7, 11) is 0. The van der Waals surface area contributed by atoms with Crippen molar-refractivity contribution >= 4 is 17.2 Å². The Labute approximate surface area is 237 Å². The van der Waals surface area contributed by atoms with E-state index in [9.17, 15) is 4.79 Å². The van der Waals surface area contributed by atoms with Crippen LogP contribution in [0, 0.1) is 45.3 Å². The van der Waals surface area contributed by atoms with Crippen LogP contribution < -0.4 is 10.6 Å². The highest BCUT2D eigenvalue weighted by molar-refractivity contribution is 7.08. The van der Waals surface area contributed by atoms with E-state index in [4.69, 9.17) is 5.73 Å². The summed E-state index contributed by atoms with van der Waals surface area (Å²) in [5, 5.41) is 16.1. The van der Waals surface area contributed by atoms with E-state index in [2.05, 4.69) is 74.9 Å². The van der Waals surface area contributed by atoms with Gasteiger partial charge in [0.1, 0.15) is 10.8 Å². The maximum Gasteiger partial charge on any atom is 0.322 e. The number of aromatic amines is 2. The fourth-order valence-corrected chi connectivity index (χ4v) is 12.5. The summed E-state index contributed by atoms with van der Waals surface area (Å²) in [4.78, 5) is 12.1. The molecule has 6 nitrogen and oxygen atoms in total. The number of aromatic nitrogens is 4. The third kappa shape index (κ3) is 3.28. The van der Waals surface area contributed by atoms with E-state index >= 15 is 0 Å². The molecule has 0 radical (unpaired) electrons. The van der Waals surface area contributed by atoms with Crippen LogP contribution in [0.4, 0.5) is 5.82 Å². The molecule has 3 fully saturated rings. The fourth-order valence-electron chi connectivity index (χ4n) is 11.7. The minimum absolute atomic E-state index is 0.0142. The average molecular weight is 550 g/mol. The molecule has 3 unspecified atom stereocenters. The van der Waals surface area contributed by atoms with E-state index < -0.39 is 0 Å². The predicted octanol–water partition coefficient (Wildman–Crippen LogP) is 6.98.